The Balaban J connectivity index is -0.000000325. The maximum atomic E-state index is 5.97. The summed E-state index contributed by atoms with van der Waals surface area (Å²) in [5.74, 6) is 0. The van der Waals surface area contributed by atoms with Crippen molar-refractivity contribution >= 4 is 0 Å². The third kappa shape index (κ3) is 56.1. The quantitative estimate of drug-likeness (QED) is 0.0610. The molecule has 0 aromatic carbocycles. The molecule has 0 rings (SSSR count). The van der Waals surface area contributed by atoms with Gasteiger partial charge < -0.3 is 171 Å². The van der Waals surface area contributed by atoms with Crippen LogP contribution in [0.3, 0.4) is 0 Å². The van der Waals surface area contributed by atoms with Crippen molar-refractivity contribution in [1.29, 1.82) is 0 Å². The summed E-state index contributed by atoms with van der Waals surface area (Å²) in [6.45, 7) is 28.7. The van der Waals surface area contributed by atoms with E-state index in [1.807, 2.05) is 83.1 Å². The van der Waals surface area contributed by atoms with Crippen molar-refractivity contribution in [1.82, 2.24) is 0 Å². The lowest BCUT2D eigenvalue weighted by molar-refractivity contribution is -0.186. The van der Waals surface area contributed by atoms with Crippen molar-refractivity contribution < 1.29 is 171 Å². The summed E-state index contributed by atoms with van der Waals surface area (Å²) in [5, 5.41) is 0. The molecule has 120 heavy (non-hydrogen) atoms. The van der Waals surface area contributed by atoms with E-state index in [1.165, 1.54) is 0 Å². The Morgan fingerprint density at radius 3 is 0.350 bits per heavy atom. The zero-order valence-electron chi connectivity index (χ0n) is 82.5. The summed E-state index contributed by atoms with van der Waals surface area (Å²) < 4.78 is 197. The van der Waals surface area contributed by atoms with Crippen molar-refractivity contribution in [2.24, 2.45) is 0 Å². The molecule has 732 valence electrons. The lowest BCUT2D eigenvalue weighted by Gasteiger charge is -2.36. The molecule has 0 heterocycles. The molecule has 0 saturated heterocycles. The van der Waals surface area contributed by atoms with Crippen LogP contribution in [0.5, 0.6) is 0 Å². The molecule has 0 N–H and O–H groups in total. The van der Waals surface area contributed by atoms with Crippen LogP contribution < -0.4 is 0 Å². The molecule has 0 aliphatic heterocycles. The van der Waals surface area contributed by atoms with E-state index in [0.717, 1.165) is 0 Å². The standard InChI is InChI=1S/6C14H30O6/c2*1-10(2)20-9-12(17-5)14(19-7)13(18-6)11(16-4)8-15-3;2*1-10(2)20-12(9-16-4)14(19-7)13(18-6)11(17-5)8-15-3;2*1-10(2)20-14(12(18-6)9-16-4)13(19-7)11(17-5)8-15-3/h6*10-14H,8-9H2,1-7H3/t11-,12-,13+,14-;11-,12-,13-,14+;11?,12-,13+,14+;11-,12-,13+,14-;11-,12+,13-,14-;11-,12-,13+,14-/m000010/s1. The van der Waals surface area contributed by atoms with E-state index in [9.17, 15) is 0 Å². The fraction of sp³-hybridized carbons (Fsp3) is 1.00. The van der Waals surface area contributed by atoms with Gasteiger partial charge in [-0.1, -0.05) is 0 Å². The summed E-state index contributed by atoms with van der Waals surface area (Å²) in [5.41, 5.74) is 0. The van der Waals surface area contributed by atoms with Gasteiger partial charge in [-0.3, -0.25) is 0 Å². The van der Waals surface area contributed by atoms with Crippen molar-refractivity contribution in [2.45, 2.75) is 266 Å². The fourth-order valence-electron chi connectivity index (χ4n) is 12.7. The second-order valence-electron chi connectivity index (χ2n) is 28.8. The highest BCUT2D eigenvalue weighted by Crippen LogP contribution is 2.25. The first-order valence-electron chi connectivity index (χ1n) is 40.6. The van der Waals surface area contributed by atoms with Gasteiger partial charge in [0, 0.05) is 213 Å². The molecule has 0 aliphatic carbocycles. The largest absolute Gasteiger partial charge is 0.382 e. The van der Waals surface area contributed by atoms with Crippen LogP contribution in [0.25, 0.3) is 0 Å². The Kier molecular flexibility index (Phi) is 92.3. The Bertz CT molecular complexity index is 1910. The predicted molar refractivity (Wildman–Crippen MR) is 457 cm³/mol. The van der Waals surface area contributed by atoms with Crippen LogP contribution in [0, 0.1) is 0 Å². The third-order valence-corrected chi connectivity index (χ3v) is 18.3. The lowest BCUT2D eigenvalue weighted by Crippen LogP contribution is -2.52. The van der Waals surface area contributed by atoms with Gasteiger partial charge in [0.25, 0.3) is 0 Å². The Morgan fingerprint density at radius 1 is 0.117 bits per heavy atom. The Labute approximate surface area is 726 Å². The van der Waals surface area contributed by atoms with E-state index in [1.54, 1.807) is 213 Å². The molecule has 0 spiro atoms. The number of rotatable bonds is 72. The number of methoxy groups -OCH3 is 30. The minimum Gasteiger partial charge on any atom is -0.382 e. The molecule has 0 aromatic rings. The second kappa shape index (κ2) is 85.6. The van der Waals surface area contributed by atoms with Gasteiger partial charge >= 0.3 is 0 Å². The zero-order chi connectivity index (χ0) is 93.3. The maximum Gasteiger partial charge on any atom is 0.115 e. The highest BCUT2D eigenvalue weighted by Gasteiger charge is 2.43. The molecule has 24 atom stereocenters. The van der Waals surface area contributed by atoms with E-state index < -0.39 is 0 Å². The van der Waals surface area contributed by atoms with Crippen LogP contribution in [-0.4, -0.2) is 476 Å². The zero-order valence-corrected chi connectivity index (χ0v) is 82.5. The van der Waals surface area contributed by atoms with Crippen LogP contribution in [-0.2, 0) is 171 Å². The minimum atomic E-state index is -0.317. The lowest BCUT2D eigenvalue weighted by atomic mass is 10.0. The van der Waals surface area contributed by atoms with E-state index >= 15 is 0 Å². The predicted octanol–water partition coefficient (Wildman–Crippen LogP) is 6.71. The van der Waals surface area contributed by atoms with Crippen LogP contribution in [0.1, 0.15) is 83.1 Å². The van der Waals surface area contributed by atoms with Crippen molar-refractivity contribution in [2.75, 3.05) is 293 Å². The first-order valence-corrected chi connectivity index (χ1v) is 40.6. The SMILES string of the molecule is COCC(OC)[C@@H](OC)[C@H](OC)[C@H](COC)OC(C)C.COC[C@H](OC(C)C)[C@H](OC)[C@H](OC)[C@H](COC)OC.COC[C@H](OC)[C@@H](OC(C)C)[C@H](OC)[C@@H](COC)OC.COC[C@H](OC)[C@@H](OC)[C@@H](OC)[C@H](COC(C)C)OC.COC[C@H](OC)[C@H](OC(C)C)[C@H](OC)[C@H](COC)OC.COC[C@H](OC)[C@H](OC)[C@H](OC)[C@H](COC(C)C)OC. The summed E-state index contributed by atoms with van der Waals surface area (Å²) in [7, 11) is 48.8. The highest BCUT2D eigenvalue weighted by molar-refractivity contribution is 4.91. The molecule has 0 aliphatic rings. The van der Waals surface area contributed by atoms with Crippen molar-refractivity contribution in [3.8, 4) is 0 Å². The Morgan fingerprint density at radius 2 is 0.233 bits per heavy atom. The van der Waals surface area contributed by atoms with Gasteiger partial charge in [0.15, 0.2) is 0 Å². The second-order valence-corrected chi connectivity index (χ2v) is 28.8. The molecule has 0 aromatic heterocycles. The van der Waals surface area contributed by atoms with Crippen LogP contribution in [0.2, 0.25) is 0 Å². The maximum absolute atomic E-state index is 5.97. The molecule has 0 saturated carbocycles. The minimum absolute atomic E-state index is 0.0345. The molecule has 0 amide bonds. The third-order valence-electron chi connectivity index (χ3n) is 18.3. The molecule has 0 bridgehead atoms. The van der Waals surface area contributed by atoms with Crippen LogP contribution >= 0.6 is 0 Å². The highest BCUT2D eigenvalue weighted by atomic mass is 16.7. The van der Waals surface area contributed by atoms with Crippen molar-refractivity contribution in [3.63, 3.8) is 0 Å². The van der Waals surface area contributed by atoms with Crippen molar-refractivity contribution in [3.05, 3.63) is 0 Å². The molecule has 0 fully saturated rings. The molecule has 36 nitrogen and oxygen atoms in total. The van der Waals surface area contributed by atoms with Gasteiger partial charge in [0.05, 0.1) is 116 Å². The summed E-state index contributed by atoms with van der Waals surface area (Å²) >= 11 is 0. The van der Waals surface area contributed by atoms with Gasteiger partial charge in [-0.15, -0.1) is 0 Å². The summed E-state index contributed by atoms with van der Waals surface area (Å²) in [6, 6.07) is 0. The topological polar surface area (TPSA) is 332 Å². The number of hydrogen-bond acceptors (Lipinski definition) is 36. The van der Waals surface area contributed by atoms with Crippen LogP contribution in [0.15, 0.2) is 0 Å². The van der Waals surface area contributed by atoms with Gasteiger partial charge in [-0.25, -0.2) is 0 Å². The Hall–Kier alpha value is -1.44. The first kappa shape index (κ1) is 129. The monoisotopic (exact) mass is 1770 g/mol. The van der Waals surface area contributed by atoms with Gasteiger partial charge in [-0.05, 0) is 83.1 Å². The molecule has 1 unspecified atom stereocenters. The normalized spacial score (nSPS) is 18.0. The van der Waals surface area contributed by atoms with E-state index in [2.05, 4.69) is 0 Å². The van der Waals surface area contributed by atoms with Gasteiger partial charge in [-0.2, -0.15) is 0 Å². The summed E-state index contributed by atoms with van der Waals surface area (Å²) in [6.07, 6.45) is -6.29. The van der Waals surface area contributed by atoms with E-state index in [-0.39, 0.29) is 183 Å². The number of ether oxygens (including phenoxy) is 36. The average molecular weight is 1770 g/mol. The van der Waals surface area contributed by atoms with E-state index in [0.29, 0.717) is 79.3 Å². The van der Waals surface area contributed by atoms with Gasteiger partial charge in [0.1, 0.15) is 146 Å². The van der Waals surface area contributed by atoms with Crippen LogP contribution in [0.4, 0.5) is 0 Å². The molecular formula is C84H180O36. The molecular weight excluding hydrogens is 1580 g/mol. The number of hydrogen-bond donors (Lipinski definition) is 0. The fourth-order valence-corrected chi connectivity index (χ4v) is 12.7. The molecule has 36 heteroatoms. The summed E-state index contributed by atoms with van der Waals surface area (Å²) in [4.78, 5) is 0. The first-order chi connectivity index (χ1) is 57.3. The smallest absolute Gasteiger partial charge is 0.115 e. The van der Waals surface area contributed by atoms with E-state index in [4.69, 9.17) is 171 Å². The average Bonchev–Trinajstić information content (AvgIpc) is 0.858. The molecule has 0 radical (unpaired) electrons. The van der Waals surface area contributed by atoms with Gasteiger partial charge in [0.2, 0.25) is 0 Å².